The predicted octanol–water partition coefficient (Wildman–Crippen LogP) is 4.08. The van der Waals surface area contributed by atoms with Gasteiger partial charge in [0.15, 0.2) is 15.0 Å². The van der Waals surface area contributed by atoms with E-state index in [-0.39, 0.29) is 16.6 Å². The number of thiazole rings is 1. The van der Waals surface area contributed by atoms with Crippen LogP contribution >= 0.6 is 23.1 Å². The molecule has 7 nitrogen and oxygen atoms in total. The third kappa shape index (κ3) is 7.23. The van der Waals surface area contributed by atoms with Crippen LogP contribution in [0.5, 0.6) is 0 Å². The number of rotatable bonds is 10. The largest absolute Gasteiger partial charge is 0.379 e. The highest BCUT2D eigenvalue weighted by Gasteiger charge is 2.22. The molecule has 0 aliphatic carbocycles. The third-order valence-electron chi connectivity index (χ3n) is 5.67. The number of sulfone groups is 1. The number of hydrogen-bond acceptors (Lipinski definition) is 8. The minimum atomic E-state index is -3.33. The average Bonchev–Trinajstić information content (AvgIpc) is 3.26. The summed E-state index contributed by atoms with van der Waals surface area (Å²) in [6.45, 7) is 4.24. The van der Waals surface area contributed by atoms with Crippen molar-refractivity contribution in [2.24, 2.45) is 0 Å². The lowest BCUT2D eigenvalue weighted by atomic mass is 10.3. The minimum Gasteiger partial charge on any atom is -0.379 e. The first-order valence-electron chi connectivity index (χ1n) is 11.4. The first-order chi connectivity index (χ1) is 16.8. The van der Waals surface area contributed by atoms with Gasteiger partial charge in [-0.1, -0.05) is 11.3 Å². The van der Waals surface area contributed by atoms with E-state index in [0.717, 1.165) is 28.4 Å². The number of halogens is 1. The highest BCUT2D eigenvalue weighted by Crippen LogP contribution is 2.31. The van der Waals surface area contributed by atoms with Crippen molar-refractivity contribution in [1.82, 2.24) is 9.88 Å². The van der Waals surface area contributed by atoms with E-state index in [2.05, 4.69) is 9.88 Å². The predicted molar refractivity (Wildman–Crippen MR) is 139 cm³/mol. The molecule has 0 bridgehead atoms. The molecule has 1 aromatic heterocycles. The molecule has 0 N–H and O–H groups in total. The van der Waals surface area contributed by atoms with Crippen molar-refractivity contribution in [2.45, 2.75) is 22.6 Å². The second-order valence-electron chi connectivity index (χ2n) is 8.30. The van der Waals surface area contributed by atoms with E-state index in [9.17, 15) is 17.6 Å². The van der Waals surface area contributed by atoms with E-state index < -0.39 is 9.84 Å². The zero-order valence-corrected chi connectivity index (χ0v) is 21.9. The molecule has 0 saturated carbocycles. The van der Waals surface area contributed by atoms with Crippen molar-refractivity contribution >= 4 is 54.2 Å². The Morgan fingerprint density at radius 1 is 1.20 bits per heavy atom. The summed E-state index contributed by atoms with van der Waals surface area (Å²) in [6, 6.07) is 11.2. The van der Waals surface area contributed by atoms with Gasteiger partial charge < -0.3 is 4.74 Å². The Morgan fingerprint density at radius 3 is 2.66 bits per heavy atom. The van der Waals surface area contributed by atoms with Crippen LogP contribution in [0.1, 0.15) is 12.8 Å². The summed E-state index contributed by atoms with van der Waals surface area (Å²) < 4.78 is 43.2. The maximum Gasteiger partial charge on any atom is 0.228 e. The molecule has 2 heterocycles. The number of fused-ring (bicyclic) bond motifs is 1. The lowest BCUT2D eigenvalue weighted by Crippen LogP contribution is -2.43. The van der Waals surface area contributed by atoms with Crippen molar-refractivity contribution in [3.8, 4) is 0 Å². The fourth-order valence-corrected chi connectivity index (χ4v) is 6.33. The summed E-state index contributed by atoms with van der Waals surface area (Å²) in [5.74, 6) is 0.465. The highest BCUT2D eigenvalue weighted by molar-refractivity contribution is 7.99. The number of carbonyl (C=O) groups excluding carboxylic acids is 1. The third-order valence-corrected chi connectivity index (χ3v) is 8.92. The van der Waals surface area contributed by atoms with Crippen LogP contribution in [0.2, 0.25) is 0 Å². The molecule has 11 heteroatoms. The molecular weight excluding hydrogens is 509 g/mol. The molecule has 3 aromatic rings. The highest BCUT2D eigenvalue weighted by atomic mass is 32.2. The molecule has 1 fully saturated rings. The lowest BCUT2D eigenvalue weighted by Gasteiger charge is -2.29. The molecular formula is C24H28FN3O4S3. The normalized spacial score (nSPS) is 14.9. The molecule has 2 aromatic carbocycles. The SMILES string of the molecule is CS(=O)(=O)c1ccc2nc(N(CCN3CCOCC3)C(=O)CCCSc3ccc(F)cc3)sc2c1. The molecule has 1 saturated heterocycles. The van der Waals surface area contributed by atoms with Crippen LogP contribution in [0.25, 0.3) is 10.2 Å². The minimum absolute atomic E-state index is 0.0136. The quantitative estimate of drug-likeness (QED) is 0.285. The van der Waals surface area contributed by atoms with Gasteiger partial charge >= 0.3 is 0 Å². The maximum absolute atomic E-state index is 13.3. The number of aromatic nitrogens is 1. The summed E-state index contributed by atoms with van der Waals surface area (Å²) in [6.07, 6.45) is 2.22. The number of anilines is 1. The van der Waals surface area contributed by atoms with Crippen LogP contribution in [0.3, 0.4) is 0 Å². The van der Waals surface area contributed by atoms with E-state index in [1.807, 2.05) is 0 Å². The molecule has 35 heavy (non-hydrogen) atoms. The molecule has 1 aliphatic rings. The Labute approximate surface area is 213 Å². The fraction of sp³-hybridized carbons (Fsp3) is 0.417. The fourth-order valence-electron chi connectivity index (χ4n) is 3.71. The lowest BCUT2D eigenvalue weighted by molar-refractivity contribution is -0.118. The number of benzene rings is 2. The first kappa shape index (κ1) is 26.0. The number of thioether (sulfide) groups is 1. The topological polar surface area (TPSA) is 79.8 Å². The van der Waals surface area contributed by atoms with E-state index in [0.29, 0.717) is 49.8 Å². The van der Waals surface area contributed by atoms with Crippen LogP contribution in [-0.2, 0) is 19.4 Å². The zero-order chi connectivity index (χ0) is 24.8. The Kier molecular flexibility index (Phi) is 8.77. The summed E-state index contributed by atoms with van der Waals surface area (Å²) in [4.78, 5) is 23.1. The number of amides is 1. The van der Waals surface area contributed by atoms with Crippen LogP contribution < -0.4 is 4.90 Å². The molecule has 4 rings (SSSR count). The molecule has 0 radical (unpaired) electrons. The van der Waals surface area contributed by atoms with Crippen molar-refractivity contribution in [3.05, 3.63) is 48.3 Å². The Balaban J connectivity index is 1.45. The molecule has 188 valence electrons. The van der Waals surface area contributed by atoms with E-state index in [4.69, 9.17) is 4.74 Å². The Hall–Kier alpha value is -2.05. The van der Waals surface area contributed by atoms with Gasteiger partial charge in [0.1, 0.15) is 5.82 Å². The van der Waals surface area contributed by atoms with Gasteiger partial charge in [-0.25, -0.2) is 17.8 Å². The van der Waals surface area contributed by atoms with Gasteiger partial charge in [0, 0.05) is 43.8 Å². The first-order valence-corrected chi connectivity index (χ1v) is 15.1. The number of hydrogen-bond donors (Lipinski definition) is 0. The van der Waals surface area contributed by atoms with Crippen molar-refractivity contribution in [1.29, 1.82) is 0 Å². The summed E-state index contributed by atoms with van der Waals surface area (Å²) in [5.41, 5.74) is 0.674. The average molecular weight is 538 g/mol. The molecule has 0 unspecified atom stereocenters. The van der Waals surface area contributed by atoms with Crippen LogP contribution in [0, 0.1) is 5.82 Å². The van der Waals surface area contributed by atoms with Gasteiger partial charge in [0.25, 0.3) is 0 Å². The number of morpholine rings is 1. The van der Waals surface area contributed by atoms with Gasteiger partial charge in [-0.3, -0.25) is 14.6 Å². The van der Waals surface area contributed by atoms with Gasteiger partial charge in [0.05, 0.1) is 28.3 Å². The van der Waals surface area contributed by atoms with Gasteiger partial charge in [-0.05, 0) is 54.6 Å². The second kappa shape index (κ2) is 11.8. The summed E-state index contributed by atoms with van der Waals surface area (Å²) in [5, 5.41) is 0.579. The van der Waals surface area contributed by atoms with Crippen LogP contribution in [-0.4, -0.2) is 75.6 Å². The van der Waals surface area contributed by atoms with Gasteiger partial charge in [0.2, 0.25) is 5.91 Å². The van der Waals surface area contributed by atoms with Gasteiger partial charge in [-0.2, -0.15) is 0 Å². The molecule has 0 atom stereocenters. The second-order valence-corrected chi connectivity index (χ2v) is 12.5. The zero-order valence-electron chi connectivity index (χ0n) is 19.5. The van der Waals surface area contributed by atoms with Crippen molar-refractivity contribution in [2.75, 3.05) is 56.3 Å². The Morgan fingerprint density at radius 2 is 1.94 bits per heavy atom. The Bertz CT molecular complexity index is 1260. The van der Waals surface area contributed by atoms with Crippen molar-refractivity contribution < 1.29 is 22.3 Å². The van der Waals surface area contributed by atoms with Crippen LogP contribution in [0.15, 0.2) is 52.3 Å². The van der Waals surface area contributed by atoms with E-state index in [1.165, 1.54) is 29.7 Å². The van der Waals surface area contributed by atoms with Gasteiger partial charge in [-0.15, -0.1) is 11.8 Å². The summed E-state index contributed by atoms with van der Waals surface area (Å²) >= 11 is 2.93. The number of carbonyl (C=O) groups is 1. The molecule has 0 spiro atoms. The molecule has 1 amide bonds. The number of ether oxygens (including phenoxy) is 1. The smallest absolute Gasteiger partial charge is 0.228 e. The maximum atomic E-state index is 13.3. The monoisotopic (exact) mass is 537 g/mol. The van der Waals surface area contributed by atoms with Crippen molar-refractivity contribution in [3.63, 3.8) is 0 Å². The summed E-state index contributed by atoms with van der Waals surface area (Å²) in [7, 11) is -3.33. The van der Waals surface area contributed by atoms with E-state index in [1.54, 1.807) is 47.0 Å². The van der Waals surface area contributed by atoms with E-state index >= 15 is 0 Å². The standard InChI is InChI=1S/C24H28FN3O4S3/c1-35(30,31)20-8-9-21-22(17-20)34-24(26-21)28(11-10-27-12-14-32-15-13-27)23(29)3-2-16-33-19-6-4-18(25)5-7-19/h4-9,17H,2-3,10-16H2,1H3. The number of nitrogens with zero attached hydrogens (tertiary/aromatic N) is 3. The molecule has 1 aliphatic heterocycles. The van der Waals surface area contributed by atoms with Crippen LogP contribution in [0.4, 0.5) is 9.52 Å².